The Hall–Kier alpha value is -1.16. The zero-order valence-corrected chi connectivity index (χ0v) is 9.19. The summed E-state index contributed by atoms with van der Waals surface area (Å²) in [5.74, 6) is 0.872. The molecule has 1 N–H and O–H groups in total. The summed E-state index contributed by atoms with van der Waals surface area (Å²) in [6.07, 6.45) is 9.13. The van der Waals surface area contributed by atoms with E-state index in [1.54, 1.807) is 18.6 Å². The molecule has 0 radical (unpaired) electrons. The van der Waals surface area contributed by atoms with Crippen LogP contribution in [0, 0.1) is 0 Å². The summed E-state index contributed by atoms with van der Waals surface area (Å²) in [7, 11) is 2.20. The van der Waals surface area contributed by atoms with Gasteiger partial charge in [-0.15, -0.1) is 0 Å². The van der Waals surface area contributed by atoms with E-state index in [1.807, 2.05) is 0 Å². The number of likely N-dealkylation sites (N-methyl/N-ethyl adjacent to an activating group) is 1. The van der Waals surface area contributed by atoms with Crippen LogP contribution in [-0.4, -0.2) is 41.0 Å². The predicted octanol–water partition coefficient (Wildman–Crippen LogP) is 1.37. The van der Waals surface area contributed by atoms with Crippen LogP contribution < -0.4 is 5.32 Å². The summed E-state index contributed by atoms with van der Waals surface area (Å²) in [5.41, 5.74) is 0. The van der Waals surface area contributed by atoms with Crippen molar-refractivity contribution in [3.05, 3.63) is 18.6 Å². The molecule has 0 aliphatic carbocycles. The van der Waals surface area contributed by atoms with Gasteiger partial charge in [0.2, 0.25) is 0 Å². The molecule has 0 aromatic carbocycles. The van der Waals surface area contributed by atoms with E-state index in [0.29, 0.717) is 6.04 Å². The van der Waals surface area contributed by atoms with E-state index in [2.05, 4.69) is 27.2 Å². The van der Waals surface area contributed by atoms with Crippen LogP contribution in [0.5, 0.6) is 0 Å². The maximum absolute atomic E-state index is 4.20. The van der Waals surface area contributed by atoms with Crippen molar-refractivity contribution in [3.63, 3.8) is 0 Å². The molecule has 2 rings (SSSR count). The van der Waals surface area contributed by atoms with E-state index in [1.165, 1.54) is 25.8 Å². The minimum atomic E-state index is 0.640. The lowest BCUT2D eigenvalue weighted by atomic mass is 10.0. The highest BCUT2D eigenvalue weighted by Gasteiger charge is 2.18. The van der Waals surface area contributed by atoms with Gasteiger partial charge in [-0.1, -0.05) is 6.42 Å². The van der Waals surface area contributed by atoms with Crippen LogP contribution in [0.4, 0.5) is 5.82 Å². The maximum atomic E-state index is 4.20. The minimum absolute atomic E-state index is 0.640. The molecule has 0 saturated carbocycles. The fourth-order valence-corrected chi connectivity index (χ4v) is 2.01. The first-order chi connectivity index (χ1) is 7.36. The van der Waals surface area contributed by atoms with Gasteiger partial charge in [0.1, 0.15) is 5.82 Å². The van der Waals surface area contributed by atoms with Crippen molar-refractivity contribution < 1.29 is 0 Å². The van der Waals surface area contributed by atoms with Gasteiger partial charge in [-0.2, -0.15) is 0 Å². The highest BCUT2D eigenvalue weighted by Crippen LogP contribution is 2.15. The lowest BCUT2D eigenvalue weighted by Gasteiger charge is -2.32. The Bertz CT molecular complexity index is 288. The Labute approximate surface area is 90.7 Å². The number of rotatable bonds is 3. The van der Waals surface area contributed by atoms with Crippen LogP contribution in [0.3, 0.4) is 0 Å². The van der Waals surface area contributed by atoms with Gasteiger partial charge in [0.25, 0.3) is 0 Å². The Balaban J connectivity index is 1.82. The first-order valence-electron chi connectivity index (χ1n) is 5.56. The van der Waals surface area contributed by atoms with Crippen molar-refractivity contribution >= 4 is 5.82 Å². The predicted molar refractivity (Wildman–Crippen MR) is 60.8 cm³/mol. The van der Waals surface area contributed by atoms with Crippen molar-refractivity contribution in [2.75, 3.05) is 25.5 Å². The molecule has 4 heteroatoms. The number of nitrogens with one attached hydrogen (secondary N) is 1. The van der Waals surface area contributed by atoms with Crippen LogP contribution in [0.2, 0.25) is 0 Å². The third-order valence-electron chi connectivity index (χ3n) is 3.00. The molecule has 1 unspecified atom stereocenters. The molecule has 1 aromatic rings. The van der Waals surface area contributed by atoms with Gasteiger partial charge in [-0.05, 0) is 26.4 Å². The number of likely N-dealkylation sites (tertiary alicyclic amines) is 1. The maximum Gasteiger partial charge on any atom is 0.144 e. The van der Waals surface area contributed by atoms with Gasteiger partial charge in [-0.25, -0.2) is 4.98 Å². The van der Waals surface area contributed by atoms with Crippen molar-refractivity contribution in [2.45, 2.75) is 25.3 Å². The third kappa shape index (κ3) is 2.89. The van der Waals surface area contributed by atoms with Crippen LogP contribution in [0.25, 0.3) is 0 Å². The quantitative estimate of drug-likeness (QED) is 0.811. The SMILES string of the molecule is CN1CCCCC1CNc1cnccn1. The molecule has 15 heavy (non-hydrogen) atoms. The van der Waals surface area contributed by atoms with E-state index in [4.69, 9.17) is 0 Å². The van der Waals surface area contributed by atoms with Crippen LogP contribution in [-0.2, 0) is 0 Å². The molecule has 1 aliphatic heterocycles. The highest BCUT2D eigenvalue weighted by molar-refractivity contribution is 5.29. The number of aromatic nitrogens is 2. The summed E-state index contributed by atoms with van der Waals surface area (Å²) in [6, 6.07) is 0.640. The third-order valence-corrected chi connectivity index (χ3v) is 3.00. The second-order valence-corrected chi connectivity index (χ2v) is 4.10. The average Bonchev–Trinajstić information content (AvgIpc) is 2.29. The fraction of sp³-hybridized carbons (Fsp3) is 0.636. The number of piperidine rings is 1. The van der Waals surface area contributed by atoms with E-state index >= 15 is 0 Å². The summed E-state index contributed by atoms with van der Waals surface area (Å²) in [4.78, 5) is 10.6. The molecule has 1 aromatic heterocycles. The first kappa shape index (κ1) is 10.4. The largest absolute Gasteiger partial charge is 0.367 e. The van der Waals surface area contributed by atoms with Crippen LogP contribution in [0.15, 0.2) is 18.6 Å². The lowest BCUT2D eigenvalue weighted by Crippen LogP contribution is -2.40. The monoisotopic (exact) mass is 206 g/mol. The molecule has 1 aliphatic rings. The average molecular weight is 206 g/mol. The highest BCUT2D eigenvalue weighted by atomic mass is 15.2. The Morgan fingerprint density at radius 1 is 1.47 bits per heavy atom. The summed E-state index contributed by atoms with van der Waals surface area (Å²) < 4.78 is 0. The van der Waals surface area contributed by atoms with E-state index < -0.39 is 0 Å². The Morgan fingerprint density at radius 2 is 2.40 bits per heavy atom. The summed E-state index contributed by atoms with van der Waals surface area (Å²) >= 11 is 0. The molecule has 1 atom stereocenters. The molecule has 1 fully saturated rings. The molecule has 0 spiro atoms. The first-order valence-corrected chi connectivity index (χ1v) is 5.56. The zero-order chi connectivity index (χ0) is 10.5. The zero-order valence-electron chi connectivity index (χ0n) is 9.19. The fourth-order valence-electron chi connectivity index (χ4n) is 2.01. The number of anilines is 1. The van der Waals surface area contributed by atoms with Crippen LogP contribution in [0.1, 0.15) is 19.3 Å². The van der Waals surface area contributed by atoms with Crippen LogP contribution >= 0.6 is 0 Å². The van der Waals surface area contributed by atoms with Gasteiger partial charge in [-0.3, -0.25) is 4.98 Å². The van der Waals surface area contributed by atoms with E-state index in [0.717, 1.165) is 12.4 Å². The molecule has 4 nitrogen and oxygen atoms in total. The smallest absolute Gasteiger partial charge is 0.144 e. The molecular formula is C11H18N4. The van der Waals surface area contributed by atoms with Gasteiger partial charge >= 0.3 is 0 Å². The van der Waals surface area contributed by atoms with Crippen molar-refractivity contribution in [2.24, 2.45) is 0 Å². The Morgan fingerprint density at radius 3 is 3.13 bits per heavy atom. The number of hydrogen-bond donors (Lipinski definition) is 1. The standard InChI is InChI=1S/C11H18N4/c1-15-7-3-2-4-10(15)8-14-11-9-12-5-6-13-11/h5-6,9-10H,2-4,7-8H2,1H3,(H,13,14). The summed E-state index contributed by atoms with van der Waals surface area (Å²) in [6.45, 7) is 2.18. The number of nitrogens with zero attached hydrogens (tertiary/aromatic N) is 3. The molecule has 0 amide bonds. The van der Waals surface area contributed by atoms with Gasteiger partial charge in [0.15, 0.2) is 0 Å². The minimum Gasteiger partial charge on any atom is -0.367 e. The summed E-state index contributed by atoms with van der Waals surface area (Å²) in [5, 5.41) is 3.33. The van der Waals surface area contributed by atoms with Crippen molar-refractivity contribution in [1.82, 2.24) is 14.9 Å². The molecule has 82 valence electrons. The molecule has 2 heterocycles. The number of hydrogen-bond acceptors (Lipinski definition) is 4. The van der Waals surface area contributed by atoms with Gasteiger partial charge < -0.3 is 10.2 Å². The van der Waals surface area contributed by atoms with Crippen molar-refractivity contribution in [1.29, 1.82) is 0 Å². The lowest BCUT2D eigenvalue weighted by molar-refractivity contribution is 0.194. The molecule has 1 saturated heterocycles. The normalized spacial score (nSPS) is 22.6. The Kier molecular flexibility index (Phi) is 3.50. The van der Waals surface area contributed by atoms with Gasteiger partial charge in [0.05, 0.1) is 6.20 Å². The second-order valence-electron chi connectivity index (χ2n) is 4.10. The van der Waals surface area contributed by atoms with E-state index in [9.17, 15) is 0 Å². The molecular weight excluding hydrogens is 188 g/mol. The van der Waals surface area contributed by atoms with Crippen molar-refractivity contribution in [3.8, 4) is 0 Å². The topological polar surface area (TPSA) is 41.0 Å². The second kappa shape index (κ2) is 5.07. The molecule has 0 bridgehead atoms. The van der Waals surface area contributed by atoms with Gasteiger partial charge in [0, 0.05) is 25.0 Å². The van der Waals surface area contributed by atoms with E-state index in [-0.39, 0.29) is 0 Å².